The highest BCUT2D eigenvalue weighted by Crippen LogP contribution is 2.20. The molecule has 1 aromatic rings. The van der Waals surface area contributed by atoms with E-state index in [4.69, 9.17) is 0 Å². The smallest absolute Gasteiger partial charge is 0.0723 e. The van der Waals surface area contributed by atoms with Crippen LogP contribution in [0.5, 0.6) is 0 Å². The lowest BCUT2D eigenvalue weighted by molar-refractivity contribution is 0.211. The predicted octanol–water partition coefficient (Wildman–Crippen LogP) is 3.09. The largest absolute Gasteiger partial charge is 0.389 e. The number of benzene rings is 1. The van der Waals surface area contributed by atoms with Crippen LogP contribution in [0.1, 0.15) is 31.2 Å². The van der Waals surface area contributed by atoms with Gasteiger partial charge < -0.3 is 5.11 Å². The van der Waals surface area contributed by atoms with Crippen LogP contribution in [0.2, 0.25) is 0 Å². The van der Waals surface area contributed by atoms with E-state index in [1.165, 1.54) is 17.6 Å². The Morgan fingerprint density at radius 2 is 1.93 bits per heavy atom. The van der Waals surface area contributed by atoms with Crippen molar-refractivity contribution in [1.82, 2.24) is 0 Å². The third kappa shape index (κ3) is 3.21. The predicted molar refractivity (Wildman–Crippen MR) is 62.7 cm³/mol. The first-order valence-electron chi connectivity index (χ1n) is 5.76. The highest BCUT2D eigenvalue weighted by atomic mass is 16.3. The number of hydrogen-bond donors (Lipinski definition) is 1. The number of rotatable bonds is 2. The van der Waals surface area contributed by atoms with Crippen LogP contribution < -0.4 is 0 Å². The standard InChI is InChI=1S/C14H18O/c15-14-9-5-4-8-13(11-14)10-12-6-2-1-3-7-12/h1-3,6-7,11,14-15H,4-5,8-10H2. The highest BCUT2D eigenvalue weighted by molar-refractivity contribution is 5.22. The van der Waals surface area contributed by atoms with Gasteiger partial charge in [0.15, 0.2) is 0 Å². The summed E-state index contributed by atoms with van der Waals surface area (Å²) in [6, 6.07) is 10.5. The summed E-state index contributed by atoms with van der Waals surface area (Å²) < 4.78 is 0. The number of hydrogen-bond acceptors (Lipinski definition) is 1. The molecule has 0 heterocycles. The van der Waals surface area contributed by atoms with Gasteiger partial charge in [0.1, 0.15) is 0 Å². The summed E-state index contributed by atoms with van der Waals surface area (Å²) in [6.45, 7) is 0. The summed E-state index contributed by atoms with van der Waals surface area (Å²) in [4.78, 5) is 0. The van der Waals surface area contributed by atoms with E-state index in [0.717, 1.165) is 25.7 Å². The zero-order valence-corrected chi connectivity index (χ0v) is 9.02. The quantitative estimate of drug-likeness (QED) is 0.731. The van der Waals surface area contributed by atoms with Crippen molar-refractivity contribution in [1.29, 1.82) is 0 Å². The normalized spacial score (nSPS) is 21.9. The second-order valence-electron chi connectivity index (χ2n) is 4.30. The van der Waals surface area contributed by atoms with Crippen molar-refractivity contribution in [2.45, 2.75) is 38.2 Å². The van der Waals surface area contributed by atoms with Gasteiger partial charge in [0.25, 0.3) is 0 Å². The maximum atomic E-state index is 9.66. The van der Waals surface area contributed by atoms with E-state index in [1.807, 2.05) is 6.07 Å². The van der Waals surface area contributed by atoms with E-state index in [9.17, 15) is 5.11 Å². The van der Waals surface area contributed by atoms with Crippen molar-refractivity contribution >= 4 is 0 Å². The highest BCUT2D eigenvalue weighted by Gasteiger charge is 2.09. The lowest BCUT2D eigenvalue weighted by atomic mass is 10.0. The Bertz CT molecular complexity index is 326. The van der Waals surface area contributed by atoms with Gasteiger partial charge in [0.2, 0.25) is 0 Å². The molecule has 1 N–H and O–H groups in total. The van der Waals surface area contributed by atoms with Crippen LogP contribution in [0.15, 0.2) is 42.0 Å². The molecule has 1 aliphatic carbocycles. The minimum absolute atomic E-state index is 0.216. The fourth-order valence-corrected chi connectivity index (χ4v) is 2.15. The molecule has 2 rings (SSSR count). The number of allylic oxidation sites excluding steroid dienone is 1. The van der Waals surface area contributed by atoms with Gasteiger partial charge in [-0.25, -0.2) is 0 Å². The molecule has 1 nitrogen and oxygen atoms in total. The van der Waals surface area contributed by atoms with E-state index < -0.39 is 0 Å². The van der Waals surface area contributed by atoms with Crippen molar-refractivity contribution in [2.24, 2.45) is 0 Å². The summed E-state index contributed by atoms with van der Waals surface area (Å²) in [7, 11) is 0. The Morgan fingerprint density at radius 1 is 1.13 bits per heavy atom. The average molecular weight is 202 g/mol. The zero-order chi connectivity index (χ0) is 10.5. The molecule has 0 saturated carbocycles. The van der Waals surface area contributed by atoms with E-state index in [0.29, 0.717) is 0 Å². The lowest BCUT2D eigenvalue weighted by Crippen LogP contribution is -2.01. The van der Waals surface area contributed by atoms with Crippen LogP contribution in [0.3, 0.4) is 0 Å². The Morgan fingerprint density at radius 3 is 2.73 bits per heavy atom. The summed E-state index contributed by atoms with van der Waals surface area (Å²) in [5.41, 5.74) is 2.74. The summed E-state index contributed by atoms with van der Waals surface area (Å²) in [5, 5.41) is 9.66. The monoisotopic (exact) mass is 202 g/mol. The molecule has 0 spiro atoms. The van der Waals surface area contributed by atoms with E-state index >= 15 is 0 Å². The molecule has 1 unspecified atom stereocenters. The maximum Gasteiger partial charge on any atom is 0.0723 e. The van der Waals surface area contributed by atoms with Gasteiger partial charge in [-0.1, -0.05) is 48.4 Å². The third-order valence-corrected chi connectivity index (χ3v) is 2.95. The first-order valence-corrected chi connectivity index (χ1v) is 5.76. The second-order valence-corrected chi connectivity index (χ2v) is 4.30. The van der Waals surface area contributed by atoms with Crippen molar-refractivity contribution < 1.29 is 5.11 Å². The Labute approximate surface area is 91.4 Å². The molecule has 1 atom stereocenters. The summed E-state index contributed by atoms with van der Waals surface area (Å²) >= 11 is 0. The molecule has 1 heteroatoms. The molecule has 0 aromatic heterocycles. The van der Waals surface area contributed by atoms with E-state index in [1.54, 1.807) is 0 Å². The molecular weight excluding hydrogens is 184 g/mol. The lowest BCUT2D eigenvalue weighted by Gasteiger charge is -2.06. The van der Waals surface area contributed by atoms with Crippen LogP contribution in [0.25, 0.3) is 0 Å². The van der Waals surface area contributed by atoms with E-state index in [2.05, 4.69) is 30.3 Å². The second kappa shape index (κ2) is 5.13. The van der Waals surface area contributed by atoms with Gasteiger partial charge >= 0.3 is 0 Å². The van der Waals surface area contributed by atoms with Gasteiger partial charge in [-0.05, 0) is 31.2 Å². The summed E-state index contributed by atoms with van der Waals surface area (Å²) in [5.74, 6) is 0. The molecule has 15 heavy (non-hydrogen) atoms. The van der Waals surface area contributed by atoms with Crippen LogP contribution in [0, 0.1) is 0 Å². The fourth-order valence-electron chi connectivity index (χ4n) is 2.15. The molecule has 80 valence electrons. The molecule has 1 aromatic carbocycles. The molecule has 0 bridgehead atoms. The molecule has 0 radical (unpaired) electrons. The molecule has 0 fully saturated rings. The van der Waals surface area contributed by atoms with Gasteiger partial charge in [-0.2, -0.15) is 0 Å². The Kier molecular flexibility index (Phi) is 3.57. The van der Waals surface area contributed by atoms with Gasteiger partial charge in [-0.3, -0.25) is 0 Å². The van der Waals surface area contributed by atoms with Gasteiger partial charge in [-0.15, -0.1) is 0 Å². The fraction of sp³-hybridized carbons (Fsp3) is 0.429. The number of aliphatic hydroxyl groups is 1. The zero-order valence-electron chi connectivity index (χ0n) is 9.02. The molecule has 0 saturated heterocycles. The van der Waals surface area contributed by atoms with Crippen molar-refractivity contribution in [2.75, 3.05) is 0 Å². The Balaban J connectivity index is 2.04. The van der Waals surface area contributed by atoms with Crippen LogP contribution >= 0.6 is 0 Å². The molecule has 1 aliphatic rings. The number of aliphatic hydroxyl groups excluding tert-OH is 1. The average Bonchev–Trinajstić information content (AvgIpc) is 2.44. The van der Waals surface area contributed by atoms with Crippen LogP contribution in [0.4, 0.5) is 0 Å². The van der Waals surface area contributed by atoms with Gasteiger partial charge in [0.05, 0.1) is 6.10 Å². The van der Waals surface area contributed by atoms with E-state index in [-0.39, 0.29) is 6.10 Å². The SMILES string of the molecule is OC1C=C(Cc2ccccc2)CCCC1. The topological polar surface area (TPSA) is 20.2 Å². The maximum absolute atomic E-state index is 9.66. The minimum atomic E-state index is -0.216. The van der Waals surface area contributed by atoms with Gasteiger partial charge in [0, 0.05) is 0 Å². The van der Waals surface area contributed by atoms with Crippen molar-refractivity contribution in [3.63, 3.8) is 0 Å². The minimum Gasteiger partial charge on any atom is -0.389 e. The molecule has 0 amide bonds. The third-order valence-electron chi connectivity index (χ3n) is 2.95. The Hall–Kier alpha value is -1.08. The van der Waals surface area contributed by atoms with Crippen LogP contribution in [-0.2, 0) is 6.42 Å². The van der Waals surface area contributed by atoms with Crippen LogP contribution in [-0.4, -0.2) is 11.2 Å². The first-order chi connectivity index (χ1) is 7.34. The van der Waals surface area contributed by atoms with Crippen molar-refractivity contribution in [3.05, 3.63) is 47.5 Å². The summed E-state index contributed by atoms with van der Waals surface area (Å²) in [6.07, 6.45) is 7.28. The van der Waals surface area contributed by atoms with Crippen molar-refractivity contribution in [3.8, 4) is 0 Å². The molecule has 0 aliphatic heterocycles. The first kappa shape index (κ1) is 10.4. The molecular formula is C14H18O.